The van der Waals surface area contributed by atoms with Crippen molar-refractivity contribution >= 4 is 0 Å². The monoisotopic (exact) mass is 254 g/mol. The highest BCUT2D eigenvalue weighted by molar-refractivity contribution is 4.92. The van der Waals surface area contributed by atoms with E-state index in [9.17, 15) is 5.11 Å². The van der Waals surface area contributed by atoms with E-state index in [1.807, 2.05) is 0 Å². The number of aliphatic hydroxyl groups is 1. The van der Waals surface area contributed by atoms with Gasteiger partial charge in [-0.3, -0.25) is 4.90 Å². The minimum absolute atomic E-state index is 0.103. The van der Waals surface area contributed by atoms with E-state index in [1.54, 1.807) is 0 Å². The third kappa shape index (κ3) is 3.25. The van der Waals surface area contributed by atoms with Gasteiger partial charge >= 0.3 is 0 Å². The lowest BCUT2D eigenvalue weighted by Gasteiger charge is -2.47. The molecule has 0 aromatic carbocycles. The summed E-state index contributed by atoms with van der Waals surface area (Å²) in [5.41, 5.74) is 0.405. The van der Waals surface area contributed by atoms with Crippen LogP contribution in [-0.2, 0) is 0 Å². The van der Waals surface area contributed by atoms with Crippen LogP contribution < -0.4 is 0 Å². The van der Waals surface area contributed by atoms with E-state index >= 15 is 0 Å². The summed E-state index contributed by atoms with van der Waals surface area (Å²) < 4.78 is 0. The normalized spacial score (nSPS) is 35.0. The lowest BCUT2D eigenvalue weighted by molar-refractivity contribution is -0.0307. The smallest absolute Gasteiger partial charge is 0.0695 e. The summed E-state index contributed by atoms with van der Waals surface area (Å²) >= 11 is 0. The van der Waals surface area contributed by atoms with Crippen molar-refractivity contribution in [2.75, 3.05) is 27.2 Å². The van der Waals surface area contributed by atoms with Gasteiger partial charge in [-0.05, 0) is 51.6 Å². The maximum Gasteiger partial charge on any atom is 0.0695 e. The molecular weight excluding hydrogens is 224 g/mol. The first kappa shape index (κ1) is 14.3. The molecule has 1 saturated heterocycles. The summed E-state index contributed by atoms with van der Waals surface area (Å²) in [6, 6.07) is 1.13. The Morgan fingerprint density at radius 2 is 1.72 bits per heavy atom. The second-order valence-corrected chi connectivity index (χ2v) is 7.27. The first-order valence-electron chi connectivity index (χ1n) is 7.47. The Kier molecular flexibility index (Phi) is 4.35. The van der Waals surface area contributed by atoms with Crippen molar-refractivity contribution in [3.8, 4) is 0 Å². The highest BCUT2D eigenvalue weighted by atomic mass is 16.3. The Morgan fingerprint density at radius 1 is 1.11 bits per heavy atom. The quantitative estimate of drug-likeness (QED) is 0.816. The van der Waals surface area contributed by atoms with Gasteiger partial charge in [0.05, 0.1) is 6.10 Å². The van der Waals surface area contributed by atoms with Gasteiger partial charge in [0.15, 0.2) is 0 Å². The number of rotatable bonds is 2. The largest absolute Gasteiger partial charge is 0.391 e. The van der Waals surface area contributed by atoms with Gasteiger partial charge in [0.2, 0.25) is 0 Å². The SMILES string of the molecule is CN(C)C1CCN(C2CC(C)(C)CCC2O)CC1. The fourth-order valence-electron chi connectivity index (χ4n) is 3.64. The molecule has 0 amide bonds. The standard InChI is InChI=1S/C15H30N2O/c1-15(2)8-5-14(18)13(11-15)17-9-6-12(7-10-17)16(3)4/h12-14,18H,5-11H2,1-4H3. The average molecular weight is 254 g/mol. The summed E-state index contributed by atoms with van der Waals surface area (Å²) in [7, 11) is 4.36. The van der Waals surface area contributed by atoms with Crippen LogP contribution in [0.25, 0.3) is 0 Å². The Balaban J connectivity index is 1.92. The molecule has 1 heterocycles. The van der Waals surface area contributed by atoms with Crippen LogP contribution in [0.5, 0.6) is 0 Å². The van der Waals surface area contributed by atoms with Crippen molar-refractivity contribution in [2.45, 2.75) is 64.1 Å². The maximum atomic E-state index is 10.3. The fourth-order valence-corrected chi connectivity index (χ4v) is 3.64. The molecular formula is C15H30N2O. The van der Waals surface area contributed by atoms with Gasteiger partial charge in [0.25, 0.3) is 0 Å². The van der Waals surface area contributed by atoms with Gasteiger partial charge in [0, 0.05) is 25.2 Å². The van der Waals surface area contributed by atoms with Crippen molar-refractivity contribution in [3.63, 3.8) is 0 Å². The maximum absolute atomic E-state index is 10.3. The van der Waals surface area contributed by atoms with Crippen LogP contribution in [0, 0.1) is 5.41 Å². The van der Waals surface area contributed by atoms with Crippen LogP contribution in [0.2, 0.25) is 0 Å². The molecule has 18 heavy (non-hydrogen) atoms. The van der Waals surface area contributed by atoms with Crippen LogP contribution in [0.15, 0.2) is 0 Å². The molecule has 2 fully saturated rings. The topological polar surface area (TPSA) is 26.7 Å². The second kappa shape index (κ2) is 5.48. The number of nitrogens with zero attached hydrogens (tertiary/aromatic N) is 2. The first-order chi connectivity index (χ1) is 8.39. The minimum Gasteiger partial charge on any atom is -0.391 e. The van der Waals surface area contributed by atoms with E-state index in [-0.39, 0.29) is 6.10 Å². The molecule has 1 saturated carbocycles. The summed E-state index contributed by atoms with van der Waals surface area (Å²) in [6.07, 6.45) is 5.69. The van der Waals surface area contributed by atoms with Gasteiger partial charge in [-0.1, -0.05) is 13.8 Å². The Morgan fingerprint density at radius 3 is 2.28 bits per heavy atom. The fraction of sp³-hybridized carbons (Fsp3) is 1.00. The molecule has 2 atom stereocenters. The van der Waals surface area contributed by atoms with Gasteiger partial charge in [0.1, 0.15) is 0 Å². The number of piperidine rings is 1. The summed E-state index contributed by atoms with van der Waals surface area (Å²) in [4.78, 5) is 4.89. The highest BCUT2D eigenvalue weighted by Gasteiger charge is 2.38. The second-order valence-electron chi connectivity index (χ2n) is 7.27. The first-order valence-corrected chi connectivity index (χ1v) is 7.47. The summed E-state index contributed by atoms with van der Waals surface area (Å²) in [6.45, 7) is 7.00. The van der Waals surface area contributed by atoms with Gasteiger partial charge in [-0.15, -0.1) is 0 Å². The average Bonchev–Trinajstić information content (AvgIpc) is 2.32. The van der Waals surface area contributed by atoms with Crippen LogP contribution in [0.4, 0.5) is 0 Å². The Bertz CT molecular complexity index is 270. The molecule has 1 aliphatic heterocycles. The van der Waals surface area contributed by atoms with Crippen LogP contribution >= 0.6 is 0 Å². The molecule has 0 bridgehead atoms. The number of aliphatic hydroxyl groups excluding tert-OH is 1. The third-order valence-corrected chi connectivity index (χ3v) is 5.02. The number of hydrogen-bond donors (Lipinski definition) is 1. The Hall–Kier alpha value is -0.120. The molecule has 2 rings (SSSR count). The van der Waals surface area contributed by atoms with Crippen molar-refractivity contribution in [3.05, 3.63) is 0 Å². The highest BCUT2D eigenvalue weighted by Crippen LogP contribution is 2.38. The minimum atomic E-state index is -0.103. The molecule has 1 aliphatic carbocycles. The molecule has 106 valence electrons. The van der Waals surface area contributed by atoms with Crippen LogP contribution in [-0.4, -0.2) is 60.3 Å². The van der Waals surface area contributed by atoms with Crippen molar-refractivity contribution in [1.82, 2.24) is 9.80 Å². The van der Waals surface area contributed by atoms with Gasteiger partial charge in [-0.2, -0.15) is 0 Å². The van der Waals surface area contributed by atoms with E-state index in [1.165, 1.54) is 19.3 Å². The molecule has 0 aromatic rings. The molecule has 0 radical (unpaired) electrons. The van der Waals surface area contributed by atoms with Crippen molar-refractivity contribution in [1.29, 1.82) is 0 Å². The van der Waals surface area contributed by atoms with E-state index in [2.05, 4.69) is 37.7 Å². The zero-order valence-electron chi connectivity index (χ0n) is 12.5. The molecule has 0 spiro atoms. The number of likely N-dealkylation sites (tertiary alicyclic amines) is 1. The lowest BCUT2D eigenvalue weighted by atomic mass is 9.73. The van der Waals surface area contributed by atoms with E-state index in [0.717, 1.165) is 32.0 Å². The molecule has 1 N–H and O–H groups in total. The Labute approximate surface area is 112 Å². The zero-order valence-corrected chi connectivity index (χ0v) is 12.5. The molecule has 3 heteroatoms. The summed E-state index contributed by atoms with van der Waals surface area (Å²) in [5.74, 6) is 0. The van der Waals surface area contributed by atoms with E-state index in [4.69, 9.17) is 0 Å². The lowest BCUT2D eigenvalue weighted by Crippen LogP contribution is -2.53. The van der Waals surface area contributed by atoms with Gasteiger partial charge < -0.3 is 10.0 Å². The van der Waals surface area contributed by atoms with E-state index in [0.29, 0.717) is 11.5 Å². The molecule has 2 aliphatic rings. The molecule has 0 aromatic heterocycles. The van der Waals surface area contributed by atoms with Crippen molar-refractivity contribution < 1.29 is 5.11 Å². The zero-order chi connectivity index (χ0) is 13.3. The predicted molar refractivity (Wildman–Crippen MR) is 75.7 cm³/mol. The predicted octanol–water partition coefficient (Wildman–Crippen LogP) is 1.95. The van der Waals surface area contributed by atoms with Gasteiger partial charge in [-0.25, -0.2) is 0 Å². The van der Waals surface area contributed by atoms with E-state index < -0.39 is 0 Å². The molecule has 2 unspecified atom stereocenters. The summed E-state index contributed by atoms with van der Waals surface area (Å²) in [5, 5.41) is 10.3. The van der Waals surface area contributed by atoms with Crippen LogP contribution in [0.1, 0.15) is 46.0 Å². The third-order valence-electron chi connectivity index (χ3n) is 5.02. The number of hydrogen-bond acceptors (Lipinski definition) is 3. The molecule has 3 nitrogen and oxygen atoms in total. The van der Waals surface area contributed by atoms with Crippen LogP contribution in [0.3, 0.4) is 0 Å². The van der Waals surface area contributed by atoms with Crippen molar-refractivity contribution in [2.24, 2.45) is 5.41 Å².